The quantitative estimate of drug-likeness (QED) is 0.710. The number of anilines is 1. The van der Waals surface area contributed by atoms with Crippen molar-refractivity contribution in [3.8, 4) is 11.3 Å². The highest BCUT2D eigenvalue weighted by Crippen LogP contribution is 2.24. The minimum absolute atomic E-state index is 0.107. The Morgan fingerprint density at radius 2 is 1.71 bits per heavy atom. The van der Waals surface area contributed by atoms with Crippen molar-refractivity contribution in [1.29, 1.82) is 0 Å². The summed E-state index contributed by atoms with van der Waals surface area (Å²) in [6.07, 6.45) is 1.86. The van der Waals surface area contributed by atoms with Gasteiger partial charge in [0.15, 0.2) is 5.82 Å². The fourth-order valence-corrected chi connectivity index (χ4v) is 3.71. The van der Waals surface area contributed by atoms with Crippen LogP contribution in [-0.2, 0) is 4.79 Å². The molecule has 1 fully saturated rings. The molecule has 1 aliphatic rings. The number of carbonyl (C=O) groups excluding carboxylic acids is 1. The number of hydrogen-bond acceptors (Lipinski definition) is 3. The number of aromatic amines is 1. The topological polar surface area (TPSA) is 61.0 Å². The Hall–Kier alpha value is -3.08. The molecule has 0 spiro atoms. The van der Waals surface area contributed by atoms with Crippen LogP contribution in [0.4, 0.5) is 5.82 Å². The van der Waals surface area contributed by atoms with Crippen LogP contribution in [0.2, 0.25) is 0 Å². The number of H-pyrrole nitrogens is 1. The molecule has 5 heteroatoms. The molecule has 1 amide bonds. The van der Waals surface area contributed by atoms with Gasteiger partial charge in [0.1, 0.15) is 0 Å². The van der Waals surface area contributed by atoms with Crippen LogP contribution < -0.4 is 10.2 Å². The number of amides is 1. The van der Waals surface area contributed by atoms with Gasteiger partial charge in [0.05, 0.1) is 11.6 Å². The van der Waals surface area contributed by atoms with Gasteiger partial charge in [-0.3, -0.25) is 9.89 Å². The van der Waals surface area contributed by atoms with Crippen LogP contribution in [-0.4, -0.2) is 35.2 Å². The Balaban J connectivity index is 1.31. The van der Waals surface area contributed by atoms with E-state index in [1.54, 1.807) is 0 Å². The van der Waals surface area contributed by atoms with Gasteiger partial charge in [-0.2, -0.15) is 5.10 Å². The fourth-order valence-electron chi connectivity index (χ4n) is 3.71. The van der Waals surface area contributed by atoms with Crippen LogP contribution in [0.25, 0.3) is 11.3 Å². The Morgan fingerprint density at radius 3 is 2.39 bits per heavy atom. The molecule has 0 radical (unpaired) electrons. The number of nitrogens with zero attached hydrogens (tertiary/aromatic N) is 2. The zero-order valence-electron chi connectivity index (χ0n) is 16.1. The molecule has 2 N–H and O–H groups in total. The van der Waals surface area contributed by atoms with Crippen LogP contribution in [0.3, 0.4) is 0 Å². The highest BCUT2D eigenvalue weighted by molar-refractivity contribution is 5.83. The largest absolute Gasteiger partial charge is 0.355 e. The molecule has 144 valence electrons. The van der Waals surface area contributed by atoms with Gasteiger partial charge in [0.25, 0.3) is 0 Å². The summed E-state index contributed by atoms with van der Waals surface area (Å²) in [6, 6.07) is 22.5. The molecule has 1 saturated heterocycles. The fraction of sp³-hybridized carbons (Fsp3) is 0.304. The molecule has 1 aromatic heterocycles. The lowest BCUT2D eigenvalue weighted by atomic mass is 9.98. The van der Waals surface area contributed by atoms with Gasteiger partial charge in [0.2, 0.25) is 5.91 Å². The van der Waals surface area contributed by atoms with Crippen molar-refractivity contribution in [2.75, 3.05) is 18.0 Å². The number of benzene rings is 2. The summed E-state index contributed by atoms with van der Waals surface area (Å²) in [7, 11) is 0. The highest BCUT2D eigenvalue weighted by Gasteiger charge is 2.24. The van der Waals surface area contributed by atoms with E-state index in [9.17, 15) is 4.79 Å². The first-order chi connectivity index (χ1) is 13.7. The minimum atomic E-state index is -0.126. The van der Waals surface area contributed by atoms with Crippen molar-refractivity contribution >= 4 is 11.7 Å². The maximum Gasteiger partial charge on any atom is 0.227 e. The molecule has 4 rings (SSSR count). The van der Waals surface area contributed by atoms with Crippen molar-refractivity contribution in [2.24, 2.45) is 0 Å². The molecule has 0 aliphatic carbocycles. The first-order valence-electron chi connectivity index (χ1n) is 9.92. The smallest absolute Gasteiger partial charge is 0.227 e. The molecule has 1 atom stereocenters. The van der Waals surface area contributed by atoms with Crippen molar-refractivity contribution < 1.29 is 4.79 Å². The lowest BCUT2D eigenvalue weighted by Crippen LogP contribution is -2.45. The van der Waals surface area contributed by atoms with E-state index in [2.05, 4.69) is 38.6 Å². The normalized spacial score (nSPS) is 16.0. The maximum absolute atomic E-state index is 12.6. The SMILES string of the molecule is C[C@H](C(=O)NC1CCN(c2cc(-c3ccccc3)[nH]n2)CC1)c1ccccc1. The Labute approximate surface area is 165 Å². The molecule has 0 saturated carbocycles. The molecular weight excluding hydrogens is 348 g/mol. The van der Waals surface area contributed by atoms with E-state index >= 15 is 0 Å². The second-order valence-corrected chi connectivity index (χ2v) is 7.41. The lowest BCUT2D eigenvalue weighted by molar-refractivity contribution is -0.123. The van der Waals surface area contributed by atoms with E-state index in [1.807, 2.05) is 55.5 Å². The summed E-state index contributed by atoms with van der Waals surface area (Å²) in [6.45, 7) is 3.75. The van der Waals surface area contributed by atoms with E-state index in [1.165, 1.54) is 0 Å². The van der Waals surface area contributed by atoms with Gasteiger partial charge in [0, 0.05) is 25.2 Å². The molecule has 5 nitrogen and oxygen atoms in total. The third-order valence-corrected chi connectivity index (χ3v) is 5.51. The molecule has 0 bridgehead atoms. The average Bonchev–Trinajstić information content (AvgIpc) is 3.25. The third kappa shape index (κ3) is 4.09. The second-order valence-electron chi connectivity index (χ2n) is 7.41. The number of carbonyl (C=O) groups is 1. The summed E-state index contributed by atoms with van der Waals surface area (Å²) < 4.78 is 0. The Kier molecular flexibility index (Phi) is 5.42. The van der Waals surface area contributed by atoms with Gasteiger partial charge in [-0.1, -0.05) is 60.7 Å². The predicted molar refractivity (Wildman–Crippen MR) is 112 cm³/mol. The first kappa shape index (κ1) is 18.3. The summed E-state index contributed by atoms with van der Waals surface area (Å²) in [4.78, 5) is 14.9. The average molecular weight is 374 g/mol. The van der Waals surface area contributed by atoms with Crippen molar-refractivity contribution in [1.82, 2.24) is 15.5 Å². The van der Waals surface area contributed by atoms with E-state index in [4.69, 9.17) is 0 Å². The molecule has 2 heterocycles. The van der Waals surface area contributed by atoms with Crippen molar-refractivity contribution in [3.05, 3.63) is 72.3 Å². The number of aromatic nitrogens is 2. The van der Waals surface area contributed by atoms with Crippen LogP contribution in [0.15, 0.2) is 66.7 Å². The zero-order chi connectivity index (χ0) is 19.3. The van der Waals surface area contributed by atoms with Gasteiger partial charge >= 0.3 is 0 Å². The van der Waals surface area contributed by atoms with Gasteiger partial charge in [-0.05, 0) is 30.9 Å². The van der Waals surface area contributed by atoms with E-state index < -0.39 is 0 Å². The van der Waals surface area contributed by atoms with E-state index in [0.29, 0.717) is 0 Å². The molecule has 28 heavy (non-hydrogen) atoms. The third-order valence-electron chi connectivity index (χ3n) is 5.51. The van der Waals surface area contributed by atoms with Crippen molar-refractivity contribution in [2.45, 2.75) is 31.7 Å². The Bertz CT molecular complexity index is 899. The minimum Gasteiger partial charge on any atom is -0.355 e. The molecule has 2 aromatic carbocycles. The van der Waals surface area contributed by atoms with Crippen LogP contribution in [0, 0.1) is 0 Å². The number of hydrogen-bond donors (Lipinski definition) is 2. The van der Waals surface area contributed by atoms with E-state index in [-0.39, 0.29) is 17.9 Å². The Morgan fingerprint density at radius 1 is 1.07 bits per heavy atom. The van der Waals surface area contributed by atoms with Gasteiger partial charge in [-0.25, -0.2) is 0 Å². The first-order valence-corrected chi connectivity index (χ1v) is 9.92. The standard InChI is InChI=1S/C23H26N4O/c1-17(18-8-4-2-5-9-18)23(28)24-20-12-14-27(15-13-20)22-16-21(25-26-22)19-10-6-3-7-11-19/h2-11,16-17,20H,12-15H2,1H3,(H,24,28)(H,25,26)/t17-/m0/s1. The number of rotatable bonds is 5. The molecular formula is C23H26N4O. The van der Waals surface area contributed by atoms with E-state index in [0.717, 1.165) is 48.6 Å². The second kappa shape index (κ2) is 8.30. The summed E-state index contributed by atoms with van der Waals surface area (Å²) in [5.41, 5.74) is 3.23. The summed E-state index contributed by atoms with van der Waals surface area (Å²) >= 11 is 0. The molecule has 3 aromatic rings. The van der Waals surface area contributed by atoms with Crippen LogP contribution >= 0.6 is 0 Å². The molecule has 1 aliphatic heterocycles. The van der Waals surface area contributed by atoms with Crippen LogP contribution in [0.1, 0.15) is 31.2 Å². The molecule has 0 unspecified atom stereocenters. The monoisotopic (exact) mass is 374 g/mol. The van der Waals surface area contributed by atoms with Gasteiger partial charge in [-0.15, -0.1) is 0 Å². The van der Waals surface area contributed by atoms with Crippen LogP contribution in [0.5, 0.6) is 0 Å². The van der Waals surface area contributed by atoms with Crippen molar-refractivity contribution in [3.63, 3.8) is 0 Å². The number of piperidine rings is 1. The van der Waals surface area contributed by atoms with Gasteiger partial charge < -0.3 is 10.2 Å². The summed E-state index contributed by atoms with van der Waals surface area (Å²) in [5.74, 6) is 0.955. The highest BCUT2D eigenvalue weighted by atomic mass is 16.1. The summed E-state index contributed by atoms with van der Waals surface area (Å²) in [5, 5.41) is 10.8. The zero-order valence-corrected chi connectivity index (χ0v) is 16.1. The number of nitrogens with one attached hydrogen (secondary N) is 2. The lowest BCUT2D eigenvalue weighted by Gasteiger charge is -2.33. The maximum atomic E-state index is 12.6. The predicted octanol–water partition coefficient (Wildman–Crippen LogP) is 3.97.